The highest BCUT2D eigenvalue weighted by molar-refractivity contribution is 5.94. The van der Waals surface area contributed by atoms with E-state index in [1.54, 1.807) is 7.11 Å². The van der Waals surface area contributed by atoms with Crippen LogP contribution in [0.2, 0.25) is 0 Å². The summed E-state index contributed by atoms with van der Waals surface area (Å²) < 4.78 is 5.33. The molecule has 1 radical (unpaired) electrons. The summed E-state index contributed by atoms with van der Waals surface area (Å²) in [4.78, 5) is 0. The van der Waals surface area contributed by atoms with Gasteiger partial charge in [0.05, 0.1) is 12.6 Å². The second-order valence-electron chi connectivity index (χ2n) is 3.74. The molecule has 0 unspecified atom stereocenters. The second-order valence-corrected chi connectivity index (χ2v) is 3.74. The number of fused-ring (bicyclic) bond motifs is 1. The molecular formula is C14H11N2O. The lowest BCUT2D eigenvalue weighted by atomic mass is 10.1. The first-order valence-corrected chi connectivity index (χ1v) is 5.37. The quantitative estimate of drug-likeness (QED) is 0.725. The minimum Gasteiger partial charge on any atom is -0.496 e. The predicted octanol–water partition coefficient (Wildman–Crippen LogP) is 3.04. The van der Waals surface area contributed by atoms with Gasteiger partial charge in [-0.1, -0.05) is 24.3 Å². The SMILES string of the molecule is COc1c[c]ccc1-c1n[nH]c2ccccc12. The monoisotopic (exact) mass is 223 g/mol. The largest absolute Gasteiger partial charge is 0.496 e. The van der Waals surface area contributed by atoms with Crippen LogP contribution in [0.1, 0.15) is 0 Å². The van der Waals surface area contributed by atoms with Gasteiger partial charge < -0.3 is 4.74 Å². The molecular weight excluding hydrogens is 212 g/mol. The zero-order chi connectivity index (χ0) is 11.7. The average Bonchev–Trinajstić information content (AvgIpc) is 2.82. The van der Waals surface area contributed by atoms with Crippen molar-refractivity contribution in [2.24, 2.45) is 0 Å². The summed E-state index contributed by atoms with van der Waals surface area (Å²) in [7, 11) is 1.65. The number of H-pyrrole nitrogens is 1. The average molecular weight is 223 g/mol. The lowest BCUT2D eigenvalue weighted by molar-refractivity contribution is 0.416. The van der Waals surface area contributed by atoms with Gasteiger partial charge in [0.15, 0.2) is 0 Å². The van der Waals surface area contributed by atoms with Crippen LogP contribution in [0.4, 0.5) is 0 Å². The molecule has 0 saturated heterocycles. The van der Waals surface area contributed by atoms with Crippen LogP contribution in [-0.4, -0.2) is 17.3 Å². The van der Waals surface area contributed by atoms with Crippen LogP contribution < -0.4 is 4.74 Å². The molecule has 3 heteroatoms. The van der Waals surface area contributed by atoms with Crippen LogP contribution in [0.25, 0.3) is 22.2 Å². The van der Waals surface area contributed by atoms with Crippen molar-refractivity contribution in [1.29, 1.82) is 0 Å². The molecule has 0 spiro atoms. The molecule has 0 amide bonds. The molecule has 0 saturated carbocycles. The summed E-state index contributed by atoms with van der Waals surface area (Å²) >= 11 is 0. The van der Waals surface area contributed by atoms with E-state index in [4.69, 9.17) is 4.74 Å². The molecule has 1 aromatic heterocycles. The number of rotatable bonds is 2. The van der Waals surface area contributed by atoms with Crippen molar-refractivity contribution >= 4 is 10.9 Å². The highest BCUT2D eigenvalue weighted by Gasteiger charge is 2.11. The third kappa shape index (κ3) is 1.56. The molecule has 3 rings (SSSR count). The number of methoxy groups -OCH3 is 1. The van der Waals surface area contributed by atoms with E-state index in [1.165, 1.54) is 0 Å². The Bertz CT molecular complexity index is 658. The summed E-state index contributed by atoms with van der Waals surface area (Å²) in [6.45, 7) is 0. The van der Waals surface area contributed by atoms with Gasteiger partial charge in [-0.2, -0.15) is 5.10 Å². The summed E-state index contributed by atoms with van der Waals surface area (Å²) in [5.74, 6) is 0.782. The van der Waals surface area contributed by atoms with Crippen LogP contribution in [0, 0.1) is 6.07 Å². The molecule has 0 fully saturated rings. The van der Waals surface area contributed by atoms with Crippen molar-refractivity contribution in [3.63, 3.8) is 0 Å². The Balaban J connectivity index is 2.27. The zero-order valence-electron chi connectivity index (χ0n) is 9.40. The third-order valence-electron chi connectivity index (χ3n) is 2.77. The van der Waals surface area contributed by atoms with Crippen molar-refractivity contribution in [1.82, 2.24) is 10.2 Å². The number of hydrogen-bond acceptors (Lipinski definition) is 2. The minimum absolute atomic E-state index is 0.782. The number of benzene rings is 2. The second kappa shape index (κ2) is 3.94. The first kappa shape index (κ1) is 9.90. The molecule has 1 heterocycles. The normalized spacial score (nSPS) is 10.6. The molecule has 1 N–H and O–H groups in total. The zero-order valence-corrected chi connectivity index (χ0v) is 9.40. The number of nitrogens with zero attached hydrogens (tertiary/aromatic N) is 1. The van der Waals surface area contributed by atoms with E-state index < -0.39 is 0 Å². The van der Waals surface area contributed by atoms with Crippen molar-refractivity contribution in [3.05, 3.63) is 48.5 Å². The number of aromatic nitrogens is 2. The van der Waals surface area contributed by atoms with E-state index >= 15 is 0 Å². The van der Waals surface area contributed by atoms with Crippen molar-refractivity contribution < 1.29 is 4.74 Å². The fraction of sp³-hybridized carbons (Fsp3) is 0.0714. The molecule has 83 valence electrons. The van der Waals surface area contributed by atoms with Gasteiger partial charge >= 0.3 is 0 Å². The van der Waals surface area contributed by atoms with Gasteiger partial charge in [-0.05, 0) is 24.3 Å². The molecule has 0 aliphatic rings. The topological polar surface area (TPSA) is 37.9 Å². The molecule has 0 aliphatic heterocycles. The Kier molecular flexibility index (Phi) is 2.29. The van der Waals surface area contributed by atoms with Crippen LogP contribution in [0.15, 0.2) is 42.5 Å². The van der Waals surface area contributed by atoms with Gasteiger partial charge in [-0.25, -0.2) is 0 Å². The summed E-state index contributed by atoms with van der Waals surface area (Å²) in [6, 6.07) is 16.7. The molecule has 17 heavy (non-hydrogen) atoms. The molecule has 2 aromatic carbocycles. The number of aromatic amines is 1. The minimum atomic E-state index is 0.782. The third-order valence-corrected chi connectivity index (χ3v) is 2.77. The van der Waals surface area contributed by atoms with Crippen molar-refractivity contribution in [3.8, 4) is 17.0 Å². The fourth-order valence-electron chi connectivity index (χ4n) is 1.95. The number of hydrogen-bond donors (Lipinski definition) is 1. The fourth-order valence-corrected chi connectivity index (χ4v) is 1.95. The lowest BCUT2D eigenvalue weighted by Crippen LogP contribution is -1.87. The highest BCUT2D eigenvalue weighted by atomic mass is 16.5. The van der Waals surface area contributed by atoms with Gasteiger partial charge in [0, 0.05) is 10.9 Å². The van der Waals surface area contributed by atoms with E-state index in [9.17, 15) is 0 Å². The van der Waals surface area contributed by atoms with Gasteiger partial charge in [0.2, 0.25) is 0 Å². The van der Waals surface area contributed by atoms with E-state index in [2.05, 4.69) is 16.3 Å². The van der Waals surface area contributed by atoms with Crippen LogP contribution in [0.5, 0.6) is 5.75 Å². The molecule has 0 bridgehead atoms. The Morgan fingerprint density at radius 2 is 2.12 bits per heavy atom. The van der Waals surface area contributed by atoms with E-state index in [0.29, 0.717) is 0 Å². The van der Waals surface area contributed by atoms with E-state index in [1.807, 2.05) is 42.5 Å². The van der Waals surface area contributed by atoms with Gasteiger partial charge in [0.1, 0.15) is 11.4 Å². The summed E-state index contributed by atoms with van der Waals surface area (Å²) in [6.07, 6.45) is 0. The maximum Gasteiger partial charge on any atom is 0.128 e. The van der Waals surface area contributed by atoms with Crippen molar-refractivity contribution in [2.45, 2.75) is 0 Å². The van der Waals surface area contributed by atoms with E-state index in [-0.39, 0.29) is 0 Å². The highest BCUT2D eigenvalue weighted by Crippen LogP contribution is 2.32. The molecule has 0 aliphatic carbocycles. The maximum absolute atomic E-state index is 5.33. The molecule has 3 aromatic rings. The van der Waals surface area contributed by atoms with Gasteiger partial charge in [-0.3, -0.25) is 5.10 Å². The number of nitrogens with one attached hydrogen (secondary N) is 1. The standard InChI is InChI=1S/C14H11N2O/c1-17-13-9-5-3-7-11(13)14-10-6-2-4-8-12(10)15-16-14/h2-4,6-9H,1H3,(H,15,16). The Hall–Kier alpha value is -2.29. The smallest absolute Gasteiger partial charge is 0.128 e. The lowest BCUT2D eigenvalue weighted by Gasteiger charge is -2.05. The van der Waals surface area contributed by atoms with Crippen LogP contribution >= 0.6 is 0 Å². The van der Waals surface area contributed by atoms with Crippen LogP contribution in [-0.2, 0) is 0 Å². The molecule has 3 nitrogen and oxygen atoms in total. The Morgan fingerprint density at radius 3 is 3.00 bits per heavy atom. The van der Waals surface area contributed by atoms with E-state index in [0.717, 1.165) is 27.9 Å². The predicted molar refractivity (Wildman–Crippen MR) is 66.9 cm³/mol. The summed E-state index contributed by atoms with van der Waals surface area (Å²) in [5.41, 5.74) is 2.91. The Morgan fingerprint density at radius 1 is 1.24 bits per heavy atom. The molecule has 0 atom stereocenters. The van der Waals surface area contributed by atoms with Gasteiger partial charge in [0.25, 0.3) is 0 Å². The van der Waals surface area contributed by atoms with Crippen LogP contribution in [0.3, 0.4) is 0 Å². The maximum atomic E-state index is 5.33. The number of ether oxygens (including phenoxy) is 1. The number of para-hydroxylation sites is 1. The van der Waals surface area contributed by atoms with Crippen molar-refractivity contribution in [2.75, 3.05) is 7.11 Å². The Labute approximate surface area is 99.0 Å². The first-order chi connectivity index (χ1) is 8.40. The first-order valence-electron chi connectivity index (χ1n) is 5.37. The van der Waals surface area contributed by atoms with Gasteiger partial charge in [-0.15, -0.1) is 0 Å². The summed E-state index contributed by atoms with van der Waals surface area (Å²) in [5, 5.41) is 8.47.